The molecule has 0 heterocycles. The number of ether oxygens (including phenoxy) is 4. The molecule has 0 aromatic heterocycles. The number of rotatable bonds is 9. The van der Waals surface area contributed by atoms with Crippen LogP contribution in [0.4, 0.5) is 0 Å². The van der Waals surface area contributed by atoms with Crippen LogP contribution < -0.4 is 24.3 Å². The van der Waals surface area contributed by atoms with Crippen molar-refractivity contribution in [1.82, 2.24) is 5.32 Å². The van der Waals surface area contributed by atoms with Crippen molar-refractivity contribution in [2.24, 2.45) is 0 Å². The van der Waals surface area contributed by atoms with Gasteiger partial charge in [0.2, 0.25) is 0 Å². The van der Waals surface area contributed by atoms with Gasteiger partial charge < -0.3 is 24.3 Å². The Morgan fingerprint density at radius 3 is 2.15 bits per heavy atom. The lowest BCUT2D eigenvalue weighted by molar-refractivity contribution is -0.123. The molecule has 0 aliphatic carbocycles. The van der Waals surface area contributed by atoms with Gasteiger partial charge in [0.1, 0.15) is 17.8 Å². The van der Waals surface area contributed by atoms with E-state index in [9.17, 15) is 9.59 Å². The van der Waals surface area contributed by atoms with E-state index in [0.717, 1.165) is 11.8 Å². The quantitative estimate of drug-likeness (QED) is 0.691. The third kappa shape index (κ3) is 4.89. The van der Waals surface area contributed by atoms with Gasteiger partial charge in [-0.1, -0.05) is 0 Å². The van der Waals surface area contributed by atoms with Crippen molar-refractivity contribution in [3.63, 3.8) is 0 Å². The van der Waals surface area contributed by atoms with E-state index in [1.165, 1.54) is 14.2 Å². The maximum atomic E-state index is 12.0. The minimum absolute atomic E-state index is 0.143. The van der Waals surface area contributed by atoms with Crippen LogP contribution in [0.3, 0.4) is 0 Å². The van der Waals surface area contributed by atoms with Gasteiger partial charge >= 0.3 is 0 Å². The summed E-state index contributed by atoms with van der Waals surface area (Å²) in [6, 6.07) is 9.95. The molecule has 2 aromatic carbocycles. The third-order valence-electron chi connectivity index (χ3n) is 3.65. The van der Waals surface area contributed by atoms with E-state index in [0.29, 0.717) is 28.6 Å². The number of amides is 1. The fourth-order valence-corrected chi connectivity index (χ4v) is 2.27. The number of hydrogen-bond acceptors (Lipinski definition) is 6. The number of aldehydes is 1. The molecule has 2 rings (SSSR count). The molecule has 7 nitrogen and oxygen atoms in total. The molecule has 0 unspecified atom stereocenters. The molecule has 0 atom stereocenters. The zero-order valence-corrected chi connectivity index (χ0v) is 14.9. The van der Waals surface area contributed by atoms with Gasteiger partial charge in [-0.05, 0) is 30.3 Å². The van der Waals surface area contributed by atoms with Crippen LogP contribution in [0, 0.1) is 0 Å². The molecule has 0 radical (unpaired) electrons. The molecule has 1 N–H and O–H groups in total. The number of methoxy groups -OCH3 is 3. The molecule has 0 saturated carbocycles. The lowest BCUT2D eigenvalue weighted by Crippen LogP contribution is -2.28. The van der Waals surface area contributed by atoms with Crippen LogP contribution in [-0.4, -0.2) is 40.1 Å². The SMILES string of the molecule is COc1cc(OC)c(OC)cc1CNC(=O)COc1ccc(C=O)cc1. The molecule has 0 fully saturated rings. The van der Waals surface area contributed by atoms with Gasteiger partial charge in [0, 0.05) is 23.7 Å². The molecule has 1 amide bonds. The second-order valence-corrected chi connectivity index (χ2v) is 5.27. The Balaban J connectivity index is 1.94. The normalized spacial score (nSPS) is 9.96. The lowest BCUT2D eigenvalue weighted by Gasteiger charge is -2.14. The fraction of sp³-hybridized carbons (Fsp3) is 0.263. The molecule has 0 saturated heterocycles. The summed E-state index contributed by atoms with van der Waals surface area (Å²) in [5.74, 6) is 1.88. The number of benzene rings is 2. The van der Waals surface area contributed by atoms with Gasteiger partial charge in [-0.15, -0.1) is 0 Å². The standard InChI is InChI=1S/C19H21NO6/c1-23-16-9-18(25-3)17(24-2)8-14(16)10-20-19(22)12-26-15-6-4-13(11-21)5-7-15/h4-9,11H,10,12H2,1-3H3,(H,20,22). The van der Waals surface area contributed by atoms with Crippen molar-refractivity contribution in [3.05, 3.63) is 47.5 Å². The summed E-state index contributed by atoms with van der Waals surface area (Å²) in [6.07, 6.45) is 0.743. The van der Waals surface area contributed by atoms with E-state index in [4.69, 9.17) is 18.9 Å². The van der Waals surface area contributed by atoms with Crippen molar-refractivity contribution < 1.29 is 28.5 Å². The Labute approximate surface area is 151 Å². The van der Waals surface area contributed by atoms with Gasteiger partial charge in [-0.3, -0.25) is 9.59 Å². The Morgan fingerprint density at radius 1 is 0.962 bits per heavy atom. The van der Waals surface area contributed by atoms with Crippen LogP contribution in [0.2, 0.25) is 0 Å². The van der Waals surface area contributed by atoms with Crippen LogP contribution in [0.5, 0.6) is 23.0 Å². The predicted octanol–water partition coefficient (Wildman–Crippen LogP) is 2.22. The first-order valence-corrected chi connectivity index (χ1v) is 7.85. The first kappa shape index (κ1) is 19.1. The van der Waals surface area contributed by atoms with Crippen molar-refractivity contribution >= 4 is 12.2 Å². The molecule has 7 heteroatoms. The van der Waals surface area contributed by atoms with Crippen LogP contribution in [-0.2, 0) is 11.3 Å². The molecular formula is C19H21NO6. The summed E-state index contributed by atoms with van der Waals surface area (Å²) in [7, 11) is 4.62. The monoisotopic (exact) mass is 359 g/mol. The summed E-state index contributed by atoms with van der Waals surface area (Å²) < 4.78 is 21.2. The maximum Gasteiger partial charge on any atom is 0.258 e. The second-order valence-electron chi connectivity index (χ2n) is 5.27. The molecular weight excluding hydrogens is 338 g/mol. The van der Waals surface area contributed by atoms with Crippen LogP contribution in [0.1, 0.15) is 15.9 Å². The summed E-state index contributed by atoms with van der Waals surface area (Å²) in [6.45, 7) is 0.103. The average molecular weight is 359 g/mol. The average Bonchev–Trinajstić information content (AvgIpc) is 2.70. The van der Waals surface area contributed by atoms with E-state index in [1.807, 2.05) is 0 Å². The minimum Gasteiger partial charge on any atom is -0.496 e. The van der Waals surface area contributed by atoms with Gasteiger partial charge in [0.25, 0.3) is 5.91 Å². The van der Waals surface area contributed by atoms with E-state index < -0.39 is 0 Å². The minimum atomic E-state index is -0.290. The number of nitrogens with one attached hydrogen (secondary N) is 1. The molecule has 2 aromatic rings. The Morgan fingerprint density at radius 2 is 1.58 bits per heavy atom. The molecule has 26 heavy (non-hydrogen) atoms. The zero-order chi connectivity index (χ0) is 18.9. The van der Waals surface area contributed by atoms with E-state index in [-0.39, 0.29) is 19.1 Å². The van der Waals surface area contributed by atoms with Gasteiger partial charge in [0.05, 0.1) is 21.3 Å². The predicted molar refractivity (Wildman–Crippen MR) is 95.3 cm³/mol. The fourth-order valence-electron chi connectivity index (χ4n) is 2.27. The van der Waals surface area contributed by atoms with Crippen molar-refractivity contribution in [2.75, 3.05) is 27.9 Å². The van der Waals surface area contributed by atoms with E-state index >= 15 is 0 Å². The lowest BCUT2D eigenvalue weighted by atomic mass is 10.1. The number of carbonyl (C=O) groups is 2. The Hall–Kier alpha value is -3.22. The molecule has 0 aliphatic rings. The summed E-state index contributed by atoms with van der Waals surface area (Å²) >= 11 is 0. The summed E-state index contributed by atoms with van der Waals surface area (Å²) in [4.78, 5) is 22.6. The highest BCUT2D eigenvalue weighted by Crippen LogP contribution is 2.34. The van der Waals surface area contributed by atoms with Crippen molar-refractivity contribution in [1.29, 1.82) is 0 Å². The van der Waals surface area contributed by atoms with E-state index in [2.05, 4.69) is 5.32 Å². The smallest absolute Gasteiger partial charge is 0.258 e. The molecule has 0 aliphatic heterocycles. The highest BCUT2D eigenvalue weighted by molar-refractivity contribution is 5.78. The van der Waals surface area contributed by atoms with Crippen LogP contribution in [0.15, 0.2) is 36.4 Å². The molecule has 0 spiro atoms. The van der Waals surface area contributed by atoms with Gasteiger partial charge in [-0.25, -0.2) is 0 Å². The number of carbonyl (C=O) groups excluding carboxylic acids is 2. The highest BCUT2D eigenvalue weighted by Gasteiger charge is 2.13. The topological polar surface area (TPSA) is 83.1 Å². The Kier molecular flexibility index (Phi) is 6.84. The van der Waals surface area contributed by atoms with Crippen molar-refractivity contribution in [2.45, 2.75) is 6.54 Å². The van der Waals surface area contributed by atoms with Gasteiger partial charge in [0.15, 0.2) is 18.1 Å². The zero-order valence-electron chi connectivity index (χ0n) is 14.9. The summed E-state index contributed by atoms with van der Waals surface area (Å²) in [5, 5.41) is 2.76. The maximum absolute atomic E-state index is 12.0. The van der Waals surface area contributed by atoms with Crippen LogP contribution in [0.25, 0.3) is 0 Å². The Bertz CT molecular complexity index is 757. The van der Waals surface area contributed by atoms with E-state index in [1.54, 1.807) is 43.5 Å². The highest BCUT2D eigenvalue weighted by atomic mass is 16.5. The first-order valence-electron chi connectivity index (χ1n) is 7.85. The third-order valence-corrected chi connectivity index (χ3v) is 3.65. The summed E-state index contributed by atoms with van der Waals surface area (Å²) in [5.41, 5.74) is 1.29. The largest absolute Gasteiger partial charge is 0.496 e. The molecule has 0 bridgehead atoms. The molecule has 138 valence electrons. The number of hydrogen-bond donors (Lipinski definition) is 1. The van der Waals surface area contributed by atoms with Gasteiger partial charge in [-0.2, -0.15) is 0 Å². The van der Waals surface area contributed by atoms with Crippen molar-refractivity contribution in [3.8, 4) is 23.0 Å². The first-order chi connectivity index (χ1) is 12.6. The second kappa shape index (κ2) is 9.31. The van der Waals surface area contributed by atoms with Crippen LogP contribution >= 0.6 is 0 Å².